The second-order valence-electron chi connectivity index (χ2n) is 5.81. The first-order valence-electron chi connectivity index (χ1n) is 8.02. The van der Waals surface area contributed by atoms with Gasteiger partial charge in [0.15, 0.2) is 5.78 Å². The number of H-pyrrole nitrogens is 1. The lowest BCUT2D eigenvalue weighted by molar-refractivity contribution is 0.0949. The molecular weight excluding hydrogens is 334 g/mol. The van der Waals surface area contributed by atoms with Crippen LogP contribution in [0.15, 0.2) is 41.9 Å². The maximum Gasteiger partial charge on any atom is 0.267 e. The number of carbonyl (C=O) groups is 2. The monoisotopic (exact) mass is 353 g/mol. The topological polar surface area (TPSA) is 74.8 Å². The van der Waals surface area contributed by atoms with Crippen molar-refractivity contribution in [2.75, 3.05) is 6.54 Å². The quantitative estimate of drug-likeness (QED) is 0.665. The molecule has 0 bridgehead atoms. The van der Waals surface area contributed by atoms with Gasteiger partial charge in [0.25, 0.3) is 5.91 Å². The fourth-order valence-corrected chi connectivity index (χ4v) is 3.10. The van der Waals surface area contributed by atoms with Crippen LogP contribution in [0, 0.1) is 6.92 Å². The molecule has 0 aliphatic heterocycles. The van der Waals surface area contributed by atoms with Crippen molar-refractivity contribution in [3.05, 3.63) is 63.7 Å². The Morgan fingerprint density at radius 2 is 2.00 bits per heavy atom. The molecule has 3 rings (SSSR count). The molecule has 0 saturated heterocycles. The highest BCUT2D eigenvalue weighted by Crippen LogP contribution is 2.21. The highest BCUT2D eigenvalue weighted by atomic mass is 32.1. The van der Waals surface area contributed by atoms with E-state index >= 15 is 0 Å². The minimum absolute atomic E-state index is 0.0642. The summed E-state index contributed by atoms with van der Waals surface area (Å²) in [6.07, 6.45) is 2.29. The third-order valence-electron chi connectivity index (χ3n) is 3.90. The molecule has 0 atom stereocenters. The number of benzene rings is 1. The molecule has 5 nitrogen and oxygen atoms in total. The second-order valence-corrected chi connectivity index (χ2v) is 6.88. The summed E-state index contributed by atoms with van der Waals surface area (Å²) in [5.41, 5.74) is 4.15. The fraction of sp³-hybridized carbons (Fsp3) is 0.211. The van der Waals surface area contributed by atoms with Crippen molar-refractivity contribution in [2.24, 2.45) is 0 Å². The Morgan fingerprint density at radius 3 is 2.60 bits per heavy atom. The fourth-order valence-electron chi connectivity index (χ4n) is 2.48. The lowest BCUT2D eigenvalue weighted by Crippen LogP contribution is -2.25. The van der Waals surface area contributed by atoms with Gasteiger partial charge in [-0.1, -0.05) is 24.3 Å². The van der Waals surface area contributed by atoms with Crippen LogP contribution in [0.5, 0.6) is 0 Å². The van der Waals surface area contributed by atoms with E-state index in [0.29, 0.717) is 17.8 Å². The van der Waals surface area contributed by atoms with Crippen molar-refractivity contribution < 1.29 is 9.59 Å². The molecule has 2 aromatic heterocycles. The van der Waals surface area contributed by atoms with Gasteiger partial charge in [-0.15, -0.1) is 11.3 Å². The van der Waals surface area contributed by atoms with Crippen LogP contribution in [0.4, 0.5) is 0 Å². The van der Waals surface area contributed by atoms with Gasteiger partial charge in [-0.2, -0.15) is 0 Å². The van der Waals surface area contributed by atoms with E-state index in [4.69, 9.17) is 0 Å². The zero-order valence-electron chi connectivity index (χ0n) is 14.1. The Labute approximate surface area is 150 Å². The first-order valence-corrected chi connectivity index (χ1v) is 8.90. The van der Waals surface area contributed by atoms with E-state index < -0.39 is 0 Å². The van der Waals surface area contributed by atoms with Crippen LogP contribution in [-0.4, -0.2) is 28.2 Å². The summed E-state index contributed by atoms with van der Waals surface area (Å²) in [6, 6.07) is 9.78. The number of Topliss-reactive ketones (excluding diaryl/α,β-unsaturated/α-hetero) is 1. The summed E-state index contributed by atoms with van der Waals surface area (Å²) < 4.78 is 0. The number of hydrogen-bond acceptors (Lipinski definition) is 4. The molecule has 0 radical (unpaired) electrons. The molecule has 2 N–H and O–H groups in total. The van der Waals surface area contributed by atoms with Crippen molar-refractivity contribution in [1.29, 1.82) is 0 Å². The predicted octanol–water partition coefficient (Wildman–Crippen LogP) is 3.62. The molecule has 2 heterocycles. The molecule has 0 aliphatic carbocycles. The molecule has 0 spiro atoms. The zero-order chi connectivity index (χ0) is 17.8. The van der Waals surface area contributed by atoms with Gasteiger partial charge in [0, 0.05) is 29.2 Å². The van der Waals surface area contributed by atoms with Gasteiger partial charge in [-0.05, 0) is 31.9 Å². The van der Waals surface area contributed by atoms with Gasteiger partial charge >= 0.3 is 0 Å². The maximum atomic E-state index is 12.1. The number of aromatic amines is 1. The SMILES string of the molecule is CC(=O)c1c[nH]c(C(=O)NCCc2ccc(-c3csc(C)n3)cc2)c1. The van der Waals surface area contributed by atoms with E-state index in [1.54, 1.807) is 23.6 Å². The number of aryl methyl sites for hydroxylation is 1. The largest absolute Gasteiger partial charge is 0.356 e. The number of aromatic nitrogens is 2. The van der Waals surface area contributed by atoms with Crippen LogP contribution in [0.1, 0.15) is 38.3 Å². The van der Waals surface area contributed by atoms with Gasteiger partial charge in [-0.25, -0.2) is 4.98 Å². The predicted molar refractivity (Wildman–Crippen MR) is 99.1 cm³/mol. The Morgan fingerprint density at radius 1 is 1.24 bits per heavy atom. The Bertz CT molecular complexity index is 894. The van der Waals surface area contributed by atoms with Crippen LogP contribution in [-0.2, 0) is 6.42 Å². The molecular formula is C19H19N3O2S. The summed E-state index contributed by atoms with van der Waals surface area (Å²) in [5, 5.41) is 5.96. The van der Waals surface area contributed by atoms with Crippen molar-refractivity contribution in [2.45, 2.75) is 20.3 Å². The second kappa shape index (κ2) is 7.44. The third kappa shape index (κ3) is 4.22. The Kier molecular flexibility index (Phi) is 5.09. The van der Waals surface area contributed by atoms with Crippen LogP contribution < -0.4 is 5.32 Å². The van der Waals surface area contributed by atoms with Crippen molar-refractivity contribution in [1.82, 2.24) is 15.3 Å². The number of amides is 1. The van der Waals surface area contributed by atoms with Crippen molar-refractivity contribution >= 4 is 23.0 Å². The Balaban J connectivity index is 1.53. The van der Waals surface area contributed by atoms with E-state index in [1.165, 1.54) is 6.92 Å². The zero-order valence-corrected chi connectivity index (χ0v) is 14.9. The smallest absolute Gasteiger partial charge is 0.267 e. The minimum atomic E-state index is -0.206. The van der Waals surface area contributed by atoms with Crippen molar-refractivity contribution in [3.63, 3.8) is 0 Å². The van der Waals surface area contributed by atoms with Gasteiger partial charge in [0.2, 0.25) is 0 Å². The average molecular weight is 353 g/mol. The van der Waals surface area contributed by atoms with E-state index in [-0.39, 0.29) is 11.7 Å². The summed E-state index contributed by atoms with van der Waals surface area (Å²) in [5.74, 6) is -0.271. The number of rotatable bonds is 6. The molecule has 0 saturated carbocycles. The molecule has 128 valence electrons. The van der Waals surface area contributed by atoms with E-state index in [1.807, 2.05) is 6.92 Å². The number of carbonyl (C=O) groups excluding carboxylic acids is 2. The number of hydrogen-bond donors (Lipinski definition) is 2. The van der Waals surface area contributed by atoms with E-state index in [9.17, 15) is 9.59 Å². The molecule has 6 heteroatoms. The summed E-state index contributed by atoms with van der Waals surface area (Å²) in [4.78, 5) is 30.6. The van der Waals surface area contributed by atoms with Crippen LogP contribution in [0.3, 0.4) is 0 Å². The summed E-state index contributed by atoms with van der Waals surface area (Å²) in [6.45, 7) is 4.00. The highest BCUT2D eigenvalue weighted by Gasteiger charge is 2.10. The first kappa shape index (κ1) is 17.1. The highest BCUT2D eigenvalue weighted by molar-refractivity contribution is 7.09. The number of nitrogens with zero attached hydrogens (tertiary/aromatic N) is 1. The van der Waals surface area contributed by atoms with E-state index in [0.717, 1.165) is 28.2 Å². The number of ketones is 1. The van der Waals surface area contributed by atoms with Gasteiger partial charge < -0.3 is 10.3 Å². The lowest BCUT2D eigenvalue weighted by atomic mass is 10.1. The van der Waals surface area contributed by atoms with Gasteiger partial charge in [-0.3, -0.25) is 9.59 Å². The average Bonchev–Trinajstić information content (AvgIpc) is 3.24. The molecule has 3 aromatic rings. The van der Waals surface area contributed by atoms with Crippen LogP contribution >= 0.6 is 11.3 Å². The molecule has 0 aliphatic rings. The number of nitrogens with one attached hydrogen (secondary N) is 2. The van der Waals surface area contributed by atoms with Crippen molar-refractivity contribution in [3.8, 4) is 11.3 Å². The summed E-state index contributed by atoms with van der Waals surface area (Å²) >= 11 is 1.64. The minimum Gasteiger partial charge on any atom is -0.356 e. The van der Waals surface area contributed by atoms with Gasteiger partial charge in [0.1, 0.15) is 5.69 Å². The standard InChI is InChI=1S/C19H19N3O2S/c1-12(23)16-9-17(21-10-16)19(24)20-8-7-14-3-5-15(6-4-14)18-11-25-13(2)22-18/h3-6,9-11,21H,7-8H2,1-2H3,(H,20,24). The third-order valence-corrected chi connectivity index (χ3v) is 4.68. The molecule has 25 heavy (non-hydrogen) atoms. The van der Waals surface area contributed by atoms with Gasteiger partial charge in [0.05, 0.1) is 10.7 Å². The first-order chi connectivity index (χ1) is 12.0. The normalized spacial score (nSPS) is 10.6. The molecule has 0 fully saturated rings. The molecule has 1 amide bonds. The van der Waals surface area contributed by atoms with Crippen LogP contribution in [0.25, 0.3) is 11.3 Å². The number of thiazole rings is 1. The lowest BCUT2D eigenvalue weighted by Gasteiger charge is -2.05. The maximum absolute atomic E-state index is 12.1. The van der Waals surface area contributed by atoms with E-state index in [2.05, 4.69) is 44.9 Å². The summed E-state index contributed by atoms with van der Waals surface area (Å²) in [7, 11) is 0. The van der Waals surface area contributed by atoms with Crippen LogP contribution in [0.2, 0.25) is 0 Å². The molecule has 1 aromatic carbocycles. The molecule has 0 unspecified atom stereocenters. The Hall–Kier alpha value is -2.73.